The zero-order valence-corrected chi connectivity index (χ0v) is 11.0. The van der Waals surface area contributed by atoms with Gasteiger partial charge in [-0.2, -0.15) is 5.10 Å². The van der Waals surface area contributed by atoms with Crippen LogP contribution in [0.15, 0.2) is 12.3 Å². The molecule has 17 heavy (non-hydrogen) atoms. The predicted molar refractivity (Wildman–Crippen MR) is 69.6 cm³/mol. The molecule has 0 bridgehead atoms. The molecular weight excluding hydrogens is 212 g/mol. The summed E-state index contributed by atoms with van der Waals surface area (Å²) in [5.41, 5.74) is 7.29. The summed E-state index contributed by atoms with van der Waals surface area (Å²) in [6.07, 6.45) is 4.36. The van der Waals surface area contributed by atoms with Crippen LogP contribution in [-0.4, -0.2) is 33.8 Å². The van der Waals surface area contributed by atoms with Crippen molar-refractivity contribution >= 4 is 0 Å². The first-order valence-corrected chi connectivity index (χ1v) is 6.69. The molecule has 0 radical (unpaired) electrons. The van der Waals surface area contributed by atoms with Crippen LogP contribution >= 0.6 is 0 Å². The van der Waals surface area contributed by atoms with E-state index in [1.807, 2.05) is 6.20 Å². The van der Waals surface area contributed by atoms with E-state index in [0.717, 1.165) is 13.1 Å². The number of aromatic nitrogens is 2. The average molecular weight is 236 g/mol. The summed E-state index contributed by atoms with van der Waals surface area (Å²) in [6, 6.07) is 2.47. The van der Waals surface area contributed by atoms with Crippen LogP contribution in [0.4, 0.5) is 0 Å². The van der Waals surface area contributed by atoms with Crippen LogP contribution in [0.1, 0.15) is 32.4 Å². The van der Waals surface area contributed by atoms with Crippen molar-refractivity contribution in [3.05, 3.63) is 18.0 Å². The Hall–Kier alpha value is -0.870. The van der Waals surface area contributed by atoms with Gasteiger partial charge in [-0.05, 0) is 51.8 Å². The number of nitrogens with zero attached hydrogens (tertiary/aromatic N) is 3. The van der Waals surface area contributed by atoms with Crippen LogP contribution < -0.4 is 5.73 Å². The maximum atomic E-state index is 5.96. The molecule has 0 aromatic carbocycles. The third-order valence-electron chi connectivity index (χ3n) is 3.87. The Kier molecular flexibility index (Phi) is 4.18. The molecule has 2 rings (SSSR count). The van der Waals surface area contributed by atoms with Crippen molar-refractivity contribution in [3.8, 4) is 0 Å². The van der Waals surface area contributed by atoms with Crippen molar-refractivity contribution < 1.29 is 0 Å². The lowest BCUT2D eigenvalue weighted by Crippen LogP contribution is -2.39. The molecule has 2 heterocycles. The third-order valence-corrected chi connectivity index (χ3v) is 3.87. The van der Waals surface area contributed by atoms with Gasteiger partial charge in [0.2, 0.25) is 0 Å². The molecule has 1 unspecified atom stereocenters. The van der Waals surface area contributed by atoms with Crippen LogP contribution in [0.2, 0.25) is 0 Å². The molecule has 1 aliphatic heterocycles. The SMILES string of the molecule is CCn1nccc1CN1CCC(C(C)N)CC1. The first-order chi connectivity index (χ1) is 8.20. The van der Waals surface area contributed by atoms with Crippen LogP contribution in [0.25, 0.3) is 0 Å². The summed E-state index contributed by atoms with van der Waals surface area (Å²) in [4.78, 5) is 2.52. The highest BCUT2D eigenvalue weighted by molar-refractivity contribution is 5.00. The predicted octanol–water partition coefficient (Wildman–Crippen LogP) is 1.46. The number of nitrogens with two attached hydrogens (primary N) is 1. The minimum Gasteiger partial charge on any atom is -0.328 e. The summed E-state index contributed by atoms with van der Waals surface area (Å²) in [7, 11) is 0. The van der Waals surface area contributed by atoms with Gasteiger partial charge < -0.3 is 5.73 Å². The molecule has 96 valence electrons. The highest BCUT2D eigenvalue weighted by Crippen LogP contribution is 2.20. The van der Waals surface area contributed by atoms with Gasteiger partial charge in [-0.1, -0.05) is 0 Å². The van der Waals surface area contributed by atoms with Crippen LogP contribution in [0.3, 0.4) is 0 Å². The largest absolute Gasteiger partial charge is 0.328 e. The minimum absolute atomic E-state index is 0.346. The fourth-order valence-corrected chi connectivity index (χ4v) is 2.65. The lowest BCUT2D eigenvalue weighted by molar-refractivity contribution is 0.162. The second-order valence-electron chi connectivity index (χ2n) is 5.11. The first-order valence-electron chi connectivity index (χ1n) is 6.69. The van der Waals surface area contributed by atoms with Gasteiger partial charge in [0.15, 0.2) is 0 Å². The molecule has 1 aliphatic rings. The van der Waals surface area contributed by atoms with E-state index in [-0.39, 0.29) is 0 Å². The van der Waals surface area contributed by atoms with Crippen LogP contribution in [-0.2, 0) is 13.1 Å². The van der Waals surface area contributed by atoms with E-state index in [1.165, 1.54) is 31.6 Å². The summed E-state index contributed by atoms with van der Waals surface area (Å²) in [5, 5.41) is 4.31. The highest BCUT2D eigenvalue weighted by Gasteiger charge is 2.22. The normalized spacial score (nSPS) is 20.6. The van der Waals surface area contributed by atoms with Crippen molar-refractivity contribution in [3.63, 3.8) is 0 Å². The number of piperidine rings is 1. The van der Waals surface area contributed by atoms with Gasteiger partial charge in [-0.25, -0.2) is 0 Å². The zero-order valence-electron chi connectivity index (χ0n) is 11.0. The number of hydrogen-bond acceptors (Lipinski definition) is 3. The van der Waals surface area contributed by atoms with Crippen LogP contribution in [0.5, 0.6) is 0 Å². The van der Waals surface area contributed by atoms with E-state index < -0.39 is 0 Å². The fraction of sp³-hybridized carbons (Fsp3) is 0.769. The maximum Gasteiger partial charge on any atom is 0.0524 e. The van der Waals surface area contributed by atoms with Crippen molar-refractivity contribution in [2.45, 2.75) is 45.8 Å². The van der Waals surface area contributed by atoms with Gasteiger partial charge in [0.25, 0.3) is 0 Å². The lowest BCUT2D eigenvalue weighted by Gasteiger charge is -2.33. The minimum atomic E-state index is 0.346. The molecule has 0 amide bonds. The molecule has 1 aromatic heterocycles. The molecule has 0 aliphatic carbocycles. The molecule has 0 spiro atoms. The molecule has 4 nitrogen and oxygen atoms in total. The van der Waals surface area contributed by atoms with E-state index in [4.69, 9.17) is 5.73 Å². The molecule has 1 aromatic rings. The Morgan fingerprint density at radius 2 is 2.18 bits per heavy atom. The van der Waals surface area contributed by atoms with Gasteiger partial charge in [0.05, 0.1) is 5.69 Å². The second-order valence-corrected chi connectivity index (χ2v) is 5.11. The standard InChI is InChI=1S/C13H24N4/c1-3-17-13(4-7-15-17)10-16-8-5-12(6-9-16)11(2)14/h4,7,11-12H,3,5-6,8-10,14H2,1-2H3. The van der Waals surface area contributed by atoms with Gasteiger partial charge in [0.1, 0.15) is 0 Å². The highest BCUT2D eigenvalue weighted by atomic mass is 15.3. The summed E-state index contributed by atoms with van der Waals surface area (Å²) >= 11 is 0. The van der Waals surface area contributed by atoms with Crippen LogP contribution in [0, 0.1) is 5.92 Å². The van der Waals surface area contributed by atoms with Crippen molar-refractivity contribution in [2.24, 2.45) is 11.7 Å². The van der Waals surface area contributed by atoms with E-state index >= 15 is 0 Å². The van der Waals surface area contributed by atoms with Crippen molar-refractivity contribution in [1.82, 2.24) is 14.7 Å². The van der Waals surface area contributed by atoms with E-state index in [1.54, 1.807) is 0 Å². The number of hydrogen-bond donors (Lipinski definition) is 1. The first kappa shape index (κ1) is 12.6. The Morgan fingerprint density at radius 3 is 2.76 bits per heavy atom. The Labute approximate surface area is 104 Å². The molecule has 1 saturated heterocycles. The number of likely N-dealkylation sites (tertiary alicyclic amines) is 1. The molecule has 2 N–H and O–H groups in total. The molecule has 4 heteroatoms. The quantitative estimate of drug-likeness (QED) is 0.861. The van der Waals surface area contributed by atoms with E-state index in [0.29, 0.717) is 12.0 Å². The average Bonchev–Trinajstić information content (AvgIpc) is 2.77. The Balaban J connectivity index is 1.86. The molecule has 0 saturated carbocycles. The van der Waals surface area contributed by atoms with Gasteiger partial charge >= 0.3 is 0 Å². The number of aryl methyl sites for hydroxylation is 1. The monoisotopic (exact) mass is 236 g/mol. The van der Waals surface area contributed by atoms with Gasteiger partial charge in [-0.3, -0.25) is 9.58 Å². The number of rotatable bonds is 4. The van der Waals surface area contributed by atoms with Gasteiger partial charge in [0, 0.05) is 25.3 Å². The Morgan fingerprint density at radius 1 is 1.47 bits per heavy atom. The lowest BCUT2D eigenvalue weighted by atomic mass is 9.91. The van der Waals surface area contributed by atoms with E-state index in [9.17, 15) is 0 Å². The van der Waals surface area contributed by atoms with Gasteiger partial charge in [-0.15, -0.1) is 0 Å². The smallest absolute Gasteiger partial charge is 0.0524 e. The molecule has 1 atom stereocenters. The molecular formula is C13H24N4. The van der Waals surface area contributed by atoms with Crippen molar-refractivity contribution in [2.75, 3.05) is 13.1 Å². The zero-order chi connectivity index (χ0) is 12.3. The summed E-state index contributed by atoms with van der Waals surface area (Å²) < 4.78 is 2.08. The summed E-state index contributed by atoms with van der Waals surface area (Å²) in [6.45, 7) is 8.59. The fourth-order valence-electron chi connectivity index (χ4n) is 2.65. The second kappa shape index (κ2) is 5.65. The Bertz CT molecular complexity index is 337. The third kappa shape index (κ3) is 3.07. The maximum absolute atomic E-state index is 5.96. The van der Waals surface area contributed by atoms with Crippen molar-refractivity contribution in [1.29, 1.82) is 0 Å². The molecule has 1 fully saturated rings. The summed E-state index contributed by atoms with van der Waals surface area (Å²) in [5.74, 6) is 0.710. The topological polar surface area (TPSA) is 47.1 Å². The van der Waals surface area contributed by atoms with E-state index in [2.05, 4.69) is 34.6 Å².